The van der Waals surface area contributed by atoms with Crippen molar-refractivity contribution in [1.82, 2.24) is 0 Å². The molecule has 1 rings (SSSR count). The Morgan fingerprint density at radius 3 is 2.07 bits per heavy atom. The molecular formula is C10H14O3S. The Morgan fingerprint density at radius 2 is 1.64 bits per heavy atom. The topological polar surface area (TPSA) is 54.4 Å². The number of hydrogen-bond acceptors (Lipinski definition) is 3. The van der Waals surface area contributed by atoms with E-state index in [2.05, 4.69) is 0 Å². The summed E-state index contributed by atoms with van der Waals surface area (Å²) in [7, 11) is -3.26. The van der Waals surface area contributed by atoms with Gasteiger partial charge in [-0.25, -0.2) is 8.42 Å². The fraction of sp³-hybridized carbons (Fsp3) is 0.400. The Balaban J connectivity index is 3.70. The van der Waals surface area contributed by atoms with Gasteiger partial charge in [0.05, 0.1) is 4.90 Å². The van der Waals surface area contributed by atoms with Gasteiger partial charge >= 0.3 is 0 Å². The molecule has 0 atom stereocenters. The third kappa shape index (κ3) is 1.75. The summed E-state index contributed by atoms with van der Waals surface area (Å²) in [5.74, 6) is 0.0658. The summed E-state index contributed by atoms with van der Waals surface area (Å²) >= 11 is 0. The number of sulfone groups is 1. The highest BCUT2D eigenvalue weighted by Crippen LogP contribution is 2.30. The lowest BCUT2D eigenvalue weighted by molar-refractivity contribution is 0.463. The maximum atomic E-state index is 11.4. The average Bonchev–Trinajstić information content (AvgIpc) is 1.97. The van der Waals surface area contributed by atoms with Gasteiger partial charge < -0.3 is 5.11 Å². The van der Waals surface area contributed by atoms with Gasteiger partial charge in [0, 0.05) is 11.8 Å². The third-order valence-electron chi connectivity index (χ3n) is 2.23. The highest BCUT2D eigenvalue weighted by Gasteiger charge is 2.17. The number of phenolic OH excluding ortho intramolecular Hbond substituents is 1. The van der Waals surface area contributed by atoms with Crippen LogP contribution in [0, 0.1) is 20.8 Å². The van der Waals surface area contributed by atoms with Crippen LogP contribution in [0.5, 0.6) is 5.75 Å². The highest BCUT2D eigenvalue weighted by atomic mass is 32.2. The number of rotatable bonds is 1. The number of phenols is 1. The quantitative estimate of drug-likeness (QED) is 0.774. The van der Waals surface area contributed by atoms with Crippen LogP contribution in [0.2, 0.25) is 0 Å². The highest BCUT2D eigenvalue weighted by molar-refractivity contribution is 7.90. The first-order valence-corrected chi connectivity index (χ1v) is 6.14. The van der Waals surface area contributed by atoms with Gasteiger partial charge in [-0.2, -0.15) is 0 Å². The van der Waals surface area contributed by atoms with Crippen LogP contribution < -0.4 is 0 Å². The molecule has 78 valence electrons. The second-order valence-electron chi connectivity index (χ2n) is 3.59. The molecule has 1 N–H and O–H groups in total. The lowest BCUT2D eigenvalue weighted by atomic mass is 10.1. The molecule has 14 heavy (non-hydrogen) atoms. The van der Waals surface area contributed by atoms with Crippen LogP contribution >= 0.6 is 0 Å². The number of benzene rings is 1. The average molecular weight is 214 g/mol. The third-order valence-corrected chi connectivity index (χ3v) is 3.60. The summed E-state index contributed by atoms with van der Waals surface area (Å²) in [6.07, 6.45) is 1.15. The molecule has 0 amide bonds. The van der Waals surface area contributed by atoms with Gasteiger partial charge in [-0.1, -0.05) is 6.07 Å². The molecule has 1 aromatic rings. The van der Waals surface area contributed by atoms with Gasteiger partial charge in [0.15, 0.2) is 9.84 Å². The molecule has 0 saturated carbocycles. The minimum atomic E-state index is -3.26. The van der Waals surface area contributed by atoms with Crippen molar-refractivity contribution in [2.75, 3.05) is 6.26 Å². The van der Waals surface area contributed by atoms with Crippen molar-refractivity contribution in [2.24, 2.45) is 0 Å². The van der Waals surface area contributed by atoms with E-state index < -0.39 is 9.84 Å². The molecule has 0 fully saturated rings. The van der Waals surface area contributed by atoms with Crippen LogP contribution in [0.25, 0.3) is 0 Å². The van der Waals surface area contributed by atoms with Crippen molar-refractivity contribution in [1.29, 1.82) is 0 Å². The first-order valence-electron chi connectivity index (χ1n) is 4.25. The zero-order valence-electron chi connectivity index (χ0n) is 8.75. The van der Waals surface area contributed by atoms with E-state index in [4.69, 9.17) is 0 Å². The smallest absolute Gasteiger partial charge is 0.176 e. The molecule has 0 bridgehead atoms. The fourth-order valence-corrected chi connectivity index (χ4v) is 3.02. The molecule has 3 nitrogen and oxygen atoms in total. The monoisotopic (exact) mass is 214 g/mol. The van der Waals surface area contributed by atoms with Crippen molar-refractivity contribution >= 4 is 9.84 Å². The first kappa shape index (κ1) is 11.0. The van der Waals surface area contributed by atoms with Gasteiger partial charge in [-0.3, -0.25) is 0 Å². The summed E-state index contributed by atoms with van der Waals surface area (Å²) in [6.45, 7) is 5.10. The zero-order chi connectivity index (χ0) is 11.1. The Labute approximate surface area is 84.3 Å². The van der Waals surface area contributed by atoms with Crippen molar-refractivity contribution in [2.45, 2.75) is 25.7 Å². The molecule has 4 heteroatoms. The van der Waals surface area contributed by atoms with E-state index in [1.807, 2.05) is 0 Å². The van der Waals surface area contributed by atoms with E-state index in [0.29, 0.717) is 16.7 Å². The van der Waals surface area contributed by atoms with Gasteiger partial charge in [0.1, 0.15) is 5.75 Å². The van der Waals surface area contributed by atoms with E-state index in [9.17, 15) is 13.5 Å². The molecular weight excluding hydrogens is 200 g/mol. The molecule has 0 radical (unpaired) electrons. The van der Waals surface area contributed by atoms with Crippen LogP contribution in [0.1, 0.15) is 16.7 Å². The fourth-order valence-electron chi connectivity index (χ4n) is 1.73. The lowest BCUT2D eigenvalue weighted by Gasteiger charge is -2.11. The SMILES string of the molecule is Cc1cc(C)c(S(C)(=O)=O)c(C)c1O. The minimum Gasteiger partial charge on any atom is -0.507 e. The first-order chi connectivity index (χ1) is 6.25. The Morgan fingerprint density at radius 1 is 1.14 bits per heavy atom. The van der Waals surface area contributed by atoms with E-state index in [-0.39, 0.29) is 10.6 Å². The number of aryl methyl sites for hydroxylation is 2. The van der Waals surface area contributed by atoms with Crippen molar-refractivity contribution < 1.29 is 13.5 Å². The molecule has 0 aliphatic rings. The molecule has 0 aliphatic carbocycles. The molecule has 0 heterocycles. The molecule has 0 unspecified atom stereocenters. The van der Waals surface area contributed by atoms with Crippen LogP contribution in [-0.4, -0.2) is 19.8 Å². The second-order valence-corrected chi connectivity index (χ2v) is 5.54. The van der Waals surface area contributed by atoms with Crippen LogP contribution in [-0.2, 0) is 9.84 Å². The maximum absolute atomic E-state index is 11.4. The second kappa shape index (κ2) is 3.28. The minimum absolute atomic E-state index is 0.0658. The van der Waals surface area contributed by atoms with Crippen LogP contribution in [0.4, 0.5) is 0 Å². The maximum Gasteiger partial charge on any atom is 0.176 e. The standard InChI is InChI=1S/C10H14O3S/c1-6-5-7(2)10(14(4,12)13)8(3)9(6)11/h5,11H,1-4H3. The summed E-state index contributed by atoms with van der Waals surface area (Å²) in [6, 6.07) is 1.68. The van der Waals surface area contributed by atoms with Crippen molar-refractivity contribution in [3.05, 3.63) is 22.8 Å². The molecule has 0 aliphatic heterocycles. The Hall–Kier alpha value is -1.03. The normalized spacial score (nSPS) is 11.7. The lowest BCUT2D eigenvalue weighted by Crippen LogP contribution is -2.04. The summed E-state index contributed by atoms with van der Waals surface area (Å²) in [4.78, 5) is 0.237. The zero-order valence-corrected chi connectivity index (χ0v) is 9.57. The van der Waals surface area contributed by atoms with Crippen LogP contribution in [0.15, 0.2) is 11.0 Å². The van der Waals surface area contributed by atoms with Crippen molar-refractivity contribution in [3.63, 3.8) is 0 Å². The van der Waals surface area contributed by atoms with Crippen molar-refractivity contribution in [3.8, 4) is 5.75 Å². The van der Waals surface area contributed by atoms with E-state index >= 15 is 0 Å². The predicted octanol–water partition coefficient (Wildman–Crippen LogP) is 1.72. The molecule has 1 aromatic carbocycles. The van der Waals surface area contributed by atoms with Crippen LogP contribution in [0.3, 0.4) is 0 Å². The predicted molar refractivity (Wildman–Crippen MR) is 55.4 cm³/mol. The van der Waals surface area contributed by atoms with E-state index in [1.54, 1.807) is 26.8 Å². The van der Waals surface area contributed by atoms with Gasteiger partial charge in [-0.05, 0) is 31.9 Å². The Bertz CT molecular complexity index is 473. The largest absolute Gasteiger partial charge is 0.507 e. The number of aromatic hydroxyl groups is 1. The van der Waals surface area contributed by atoms with Gasteiger partial charge in [0.2, 0.25) is 0 Å². The summed E-state index contributed by atoms with van der Waals surface area (Å²) in [5, 5.41) is 9.61. The van der Waals surface area contributed by atoms with E-state index in [1.165, 1.54) is 0 Å². The number of hydrogen-bond donors (Lipinski definition) is 1. The van der Waals surface area contributed by atoms with E-state index in [0.717, 1.165) is 6.26 Å². The van der Waals surface area contributed by atoms with Gasteiger partial charge in [-0.15, -0.1) is 0 Å². The summed E-state index contributed by atoms with van der Waals surface area (Å²) in [5.41, 5.74) is 1.82. The molecule has 0 spiro atoms. The summed E-state index contributed by atoms with van der Waals surface area (Å²) < 4.78 is 22.9. The molecule has 0 aromatic heterocycles. The molecule has 0 saturated heterocycles. The van der Waals surface area contributed by atoms with Gasteiger partial charge in [0.25, 0.3) is 0 Å². The Kier molecular flexibility index (Phi) is 2.58.